The molecule has 6 aliphatic rings. The van der Waals surface area contributed by atoms with Crippen molar-refractivity contribution < 1.29 is 19.0 Å². The normalized spacial score (nSPS) is 31.7. The molecule has 4 aliphatic carbocycles. The fourth-order valence-electron chi connectivity index (χ4n) is 7.84. The molecular weight excluding hydrogens is 501 g/mol. The Morgan fingerprint density at radius 2 is 1.76 bits per heavy atom. The van der Waals surface area contributed by atoms with Gasteiger partial charge in [0.1, 0.15) is 0 Å². The number of phenolic OH excluding ortho intramolecular Hbond substituents is 1. The Morgan fingerprint density at radius 1 is 1.05 bits per heavy atom. The third-order valence-electron chi connectivity index (χ3n) is 9.08. The van der Waals surface area contributed by atoms with E-state index in [0.717, 1.165) is 54.6 Å². The second kappa shape index (κ2) is 9.50. The van der Waals surface area contributed by atoms with Gasteiger partial charge in [0.2, 0.25) is 0 Å². The van der Waals surface area contributed by atoms with E-state index in [9.17, 15) is 9.90 Å². The van der Waals surface area contributed by atoms with Gasteiger partial charge < -0.3 is 9.84 Å². The summed E-state index contributed by atoms with van der Waals surface area (Å²) in [5, 5.41) is 13.5. The van der Waals surface area contributed by atoms with Crippen LogP contribution in [0.1, 0.15) is 49.7 Å². The second-order valence-electron chi connectivity index (χ2n) is 11.7. The first kappa shape index (κ1) is 24.4. The van der Waals surface area contributed by atoms with Crippen molar-refractivity contribution in [2.75, 3.05) is 26.3 Å². The molecule has 8 heteroatoms. The summed E-state index contributed by atoms with van der Waals surface area (Å²) in [6.07, 6.45) is 8.89. The lowest BCUT2D eigenvalue weighted by atomic mass is 9.48. The van der Waals surface area contributed by atoms with E-state index in [-0.39, 0.29) is 17.1 Å². The zero-order valence-electron chi connectivity index (χ0n) is 21.3. The van der Waals surface area contributed by atoms with Gasteiger partial charge in [-0.15, -0.1) is 0 Å². The Kier molecular flexibility index (Phi) is 6.09. The first-order valence-corrected chi connectivity index (χ1v) is 14.5. The number of carbonyl (C=O) groups excluding carboxylic acids is 1. The molecule has 2 aromatic carbocycles. The first-order valence-electron chi connectivity index (χ1n) is 13.7. The van der Waals surface area contributed by atoms with E-state index in [1.807, 2.05) is 41.4 Å². The molecule has 4 bridgehead atoms. The van der Waals surface area contributed by atoms with Gasteiger partial charge in [0.15, 0.2) is 16.7 Å². The number of aromatic hydroxyl groups is 1. The second-order valence-corrected chi connectivity index (χ2v) is 12.8. The highest BCUT2D eigenvalue weighted by atomic mass is 32.2. The number of halogens is 1. The number of thioether (sulfide) groups is 1. The molecule has 0 aromatic heterocycles. The van der Waals surface area contributed by atoms with Crippen molar-refractivity contribution in [1.29, 1.82) is 0 Å². The molecule has 8 rings (SSSR count). The smallest absolute Gasteiger partial charge is 0.286 e. The van der Waals surface area contributed by atoms with Crippen LogP contribution in [0.25, 0.3) is 17.2 Å². The molecule has 2 aliphatic heterocycles. The van der Waals surface area contributed by atoms with E-state index in [1.54, 1.807) is 0 Å². The van der Waals surface area contributed by atoms with E-state index >= 15 is 4.39 Å². The molecule has 0 unspecified atom stereocenters. The third-order valence-corrected chi connectivity index (χ3v) is 9.96. The minimum Gasteiger partial charge on any atom is -0.505 e. The van der Waals surface area contributed by atoms with Crippen LogP contribution in [0.2, 0.25) is 0 Å². The van der Waals surface area contributed by atoms with Gasteiger partial charge in [-0.3, -0.25) is 10.2 Å². The molecule has 1 amide bonds. The van der Waals surface area contributed by atoms with Crippen molar-refractivity contribution in [3.8, 4) is 16.9 Å². The number of hydrogen-bond donors (Lipinski definition) is 2. The molecule has 198 valence electrons. The van der Waals surface area contributed by atoms with Crippen molar-refractivity contribution in [1.82, 2.24) is 10.4 Å². The molecule has 38 heavy (non-hydrogen) atoms. The van der Waals surface area contributed by atoms with Crippen molar-refractivity contribution in [2.24, 2.45) is 22.7 Å². The van der Waals surface area contributed by atoms with Crippen LogP contribution in [0.3, 0.4) is 0 Å². The molecule has 5 fully saturated rings. The molecule has 2 N–H and O–H groups in total. The molecule has 2 heterocycles. The topological polar surface area (TPSA) is 74.2 Å². The van der Waals surface area contributed by atoms with Crippen molar-refractivity contribution in [3.63, 3.8) is 0 Å². The highest BCUT2D eigenvalue weighted by Gasteiger charge is 2.52. The molecule has 1 saturated heterocycles. The Hall–Kier alpha value is -2.68. The van der Waals surface area contributed by atoms with Crippen LogP contribution in [0.4, 0.5) is 4.39 Å². The fourth-order valence-corrected chi connectivity index (χ4v) is 8.68. The lowest BCUT2D eigenvalue weighted by Gasteiger charge is -2.57. The Balaban J connectivity index is 1.15. The van der Waals surface area contributed by atoms with Crippen molar-refractivity contribution >= 4 is 28.9 Å². The van der Waals surface area contributed by atoms with Gasteiger partial charge in [-0.2, -0.15) is 4.99 Å². The minimum absolute atomic E-state index is 0.108. The molecule has 4 saturated carbocycles. The van der Waals surface area contributed by atoms with Gasteiger partial charge in [0.25, 0.3) is 5.91 Å². The molecule has 0 radical (unpaired) electrons. The average molecular weight is 534 g/mol. The Morgan fingerprint density at radius 3 is 2.47 bits per heavy atom. The number of carbonyl (C=O) groups is 1. The third kappa shape index (κ3) is 4.46. The summed E-state index contributed by atoms with van der Waals surface area (Å²) >= 11 is 1.32. The largest absolute Gasteiger partial charge is 0.505 e. The molecule has 2 aromatic rings. The highest BCUT2D eigenvalue weighted by Crippen LogP contribution is 2.62. The Labute approximate surface area is 226 Å². The number of phenols is 1. The maximum absolute atomic E-state index is 15.2. The summed E-state index contributed by atoms with van der Waals surface area (Å²) in [6.45, 7) is 2.78. The number of amidine groups is 1. The van der Waals surface area contributed by atoms with Crippen LogP contribution in [0, 0.1) is 23.6 Å². The molecule has 0 atom stereocenters. The van der Waals surface area contributed by atoms with Gasteiger partial charge >= 0.3 is 0 Å². The SMILES string of the molecule is O=C1N=C(NN2CCOCC2)SC1=Cc1cccc(-c2cc(F)c(O)c(C34CC5CC(CC(C5)C3)C4)c2)c1. The zero-order chi connectivity index (χ0) is 25.9. The summed E-state index contributed by atoms with van der Waals surface area (Å²) in [7, 11) is 0. The number of nitrogens with zero attached hydrogens (tertiary/aromatic N) is 2. The molecule has 0 spiro atoms. The predicted octanol–water partition coefficient (Wildman–Crippen LogP) is 5.47. The quantitative estimate of drug-likeness (QED) is 0.508. The summed E-state index contributed by atoms with van der Waals surface area (Å²) < 4.78 is 20.6. The molecule has 6 nitrogen and oxygen atoms in total. The summed E-state index contributed by atoms with van der Waals surface area (Å²) in [5.41, 5.74) is 6.39. The number of benzene rings is 2. The zero-order valence-corrected chi connectivity index (χ0v) is 22.1. The minimum atomic E-state index is -0.550. The number of morpholine rings is 1. The lowest BCUT2D eigenvalue weighted by Crippen LogP contribution is -2.48. The van der Waals surface area contributed by atoms with Gasteiger partial charge in [0.05, 0.1) is 18.1 Å². The van der Waals surface area contributed by atoms with Crippen LogP contribution < -0.4 is 5.43 Å². The maximum Gasteiger partial charge on any atom is 0.286 e. The van der Waals surface area contributed by atoms with Gasteiger partial charge in [-0.1, -0.05) is 18.2 Å². The van der Waals surface area contributed by atoms with Crippen molar-refractivity contribution in [2.45, 2.75) is 43.9 Å². The number of rotatable bonds is 4. The van der Waals surface area contributed by atoms with Crippen LogP contribution >= 0.6 is 11.8 Å². The van der Waals surface area contributed by atoms with Gasteiger partial charge in [0, 0.05) is 18.7 Å². The number of aliphatic imine (C=N–C) groups is 1. The van der Waals surface area contributed by atoms with E-state index in [4.69, 9.17) is 4.74 Å². The number of hydrogen-bond acceptors (Lipinski definition) is 6. The van der Waals surface area contributed by atoms with E-state index < -0.39 is 5.82 Å². The van der Waals surface area contributed by atoms with Crippen LogP contribution in [-0.4, -0.2) is 47.5 Å². The van der Waals surface area contributed by atoms with Gasteiger partial charge in [-0.05, 0) is 114 Å². The lowest BCUT2D eigenvalue weighted by molar-refractivity contribution is -0.113. The molecular formula is C30H32FN3O3S. The standard InChI is InChI=1S/C30H32FN3O3S/c31-25-14-23(13-24(27(25)35)30-15-19-8-20(16-30)10-21(9-19)17-30)22-3-1-2-18(11-22)12-26-28(36)32-29(38-26)33-34-4-6-37-7-5-34/h1-3,11-14,19-21,35H,4-10,15-17H2,(H,32,33,36). The van der Waals surface area contributed by atoms with Crippen LogP contribution in [0.5, 0.6) is 5.75 Å². The first-order chi connectivity index (χ1) is 18.4. The highest BCUT2D eigenvalue weighted by molar-refractivity contribution is 8.18. The fraction of sp³-hybridized carbons (Fsp3) is 0.467. The number of amides is 1. The van der Waals surface area contributed by atoms with E-state index in [1.165, 1.54) is 37.1 Å². The predicted molar refractivity (Wildman–Crippen MR) is 147 cm³/mol. The average Bonchev–Trinajstić information content (AvgIpc) is 3.23. The Bertz CT molecular complexity index is 1310. The van der Waals surface area contributed by atoms with Crippen molar-refractivity contribution in [3.05, 3.63) is 58.2 Å². The summed E-state index contributed by atoms with van der Waals surface area (Å²) in [5.74, 6) is 1.12. The number of nitrogens with one attached hydrogen (secondary N) is 1. The summed E-state index contributed by atoms with van der Waals surface area (Å²) in [6, 6.07) is 11.3. The van der Waals surface area contributed by atoms with Crippen LogP contribution in [0.15, 0.2) is 46.3 Å². The van der Waals surface area contributed by atoms with Gasteiger partial charge in [-0.25, -0.2) is 9.40 Å². The van der Waals surface area contributed by atoms with E-state index in [2.05, 4.69) is 10.4 Å². The maximum atomic E-state index is 15.2. The van der Waals surface area contributed by atoms with E-state index in [0.29, 0.717) is 41.0 Å². The number of ether oxygens (including phenoxy) is 1. The van der Waals surface area contributed by atoms with Crippen LogP contribution in [-0.2, 0) is 14.9 Å². The monoisotopic (exact) mass is 533 g/mol. The summed E-state index contributed by atoms with van der Waals surface area (Å²) in [4.78, 5) is 17.3. The number of hydrazine groups is 1.